The Labute approximate surface area is 86.8 Å². The zero-order chi connectivity index (χ0) is 10.1. The second-order valence-corrected chi connectivity index (χ2v) is 5.00. The molecule has 0 spiro atoms. The standard InChI is InChI=1S/C10H23NOS/c1-9(2)8-12-6-5-11-7-10(3)13-4/h9-11H,5-8H2,1-4H3. The molecule has 2 nitrogen and oxygen atoms in total. The fourth-order valence-electron chi connectivity index (χ4n) is 0.852. The molecule has 0 aromatic heterocycles. The molecule has 0 fully saturated rings. The lowest BCUT2D eigenvalue weighted by Crippen LogP contribution is -2.26. The van der Waals surface area contributed by atoms with Gasteiger partial charge in [0.25, 0.3) is 0 Å². The molecule has 0 saturated heterocycles. The highest BCUT2D eigenvalue weighted by molar-refractivity contribution is 7.99. The van der Waals surface area contributed by atoms with E-state index < -0.39 is 0 Å². The molecule has 0 amide bonds. The van der Waals surface area contributed by atoms with E-state index >= 15 is 0 Å². The van der Waals surface area contributed by atoms with Gasteiger partial charge in [0.05, 0.1) is 6.61 Å². The number of nitrogens with one attached hydrogen (secondary N) is 1. The summed E-state index contributed by atoms with van der Waals surface area (Å²) in [6.45, 7) is 10.3. The molecule has 0 aromatic carbocycles. The van der Waals surface area contributed by atoms with E-state index in [-0.39, 0.29) is 0 Å². The number of hydrogen-bond donors (Lipinski definition) is 1. The maximum atomic E-state index is 5.44. The first-order valence-corrected chi connectivity index (χ1v) is 6.26. The summed E-state index contributed by atoms with van der Waals surface area (Å²) in [5.41, 5.74) is 0. The van der Waals surface area contributed by atoms with Gasteiger partial charge in [-0.2, -0.15) is 11.8 Å². The van der Waals surface area contributed by atoms with E-state index in [9.17, 15) is 0 Å². The average Bonchev–Trinajstić information content (AvgIpc) is 2.10. The molecule has 0 bridgehead atoms. The van der Waals surface area contributed by atoms with Crippen molar-refractivity contribution in [2.24, 2.45) is 5.92 Å². The zero-order valence-electron chi connectivity index (χ0n) is 9.30. The molecule has 0 rings (SSSR count). The topological polar surface area (TPSA) is 21.3 Å². The third-order valence-electron chi connectivity index (χ3n) is 1.71. The van der Waals surface area contributed by atoms with Crippen LogP contribution >= 0.6 is 11.8 Å². The molecule has 13 heavy (non-hydrogen) atoms. The lowest BCUT2D eigenvalue weighted by atomic mass is 10.2. The summed E-state index contributed by atoms with van der Waals surface area (Å²) in [5.74, 6) is 0.644. The monoisotopic (exact) mass is 205 g/mol. The molecule has 0 aliphatic heterocycles. The Morgan fingerprint density at radius 2 is 2.00 bits per heavy atom. The van der Waals surface area contributed by atoms with Crippen LogP contribution in [0.3, 0.4) is 0 Å². The second kappa shape index (κ2) is 8.85. The van der Waals surface area contributed by atoms with Gasteiger partial charge in [0.15, 0.2) is 0 Å². The molecule has 0 aliphatic rings. The first-order chi connectivity index (χ1) is 6.16. The number of rotatable bonds is 8. The van der Waals surface area contributed by atoms with Crippen LogP contribution in [0.15, 0.2) is 0 Å². The van der Waals surface area contributed by atoms with E-state index in [1.807, 2.05) is 11.8 Å². The molecular weight excluding hydrogens is 182 g/mol. The Bertz CT molecular complexity index is 109. The van der Waals surface area contributed by atoms with Crippen molar-refractivity contribution in [3.05, 3.63) is 0 Å². The Balaban J connectivity index is 2.99. The number of thioether (sulfide) groups is 1. The third kappa shape index (κ3) is 10.2. The average molecular weight is 205 g/mol. The van der Waals surface area contributed by atoms with Gasteiger partial charge in [0.2, 0.25) is 0 Å². The predicted molar refractivity (Wildman–Crippen MR) is 61.5 cm³/mol. The fourth-order valence-corrected chi connectivity index (χ4v) is 1.14. The van der Waals surface area contributed by atoms with E-state index in [4.69, 9.17) is 4.74 Å². The molecule has 1 atom stereocenters. The van der Waals surface area contributed by atoms with E-state index in [1.165, 1.54) is 0 Å². The lowest BCUT2D eigenvalue weighted by molar-refractivity contribution is 0.112. The quantitative estimate of drug-likeness (QED) is 0.612. The van der Waals surface area contributed by atoms with Crippen LogP contribution < -0.4 is 5.32 Å². The molecule has 0 saturated carbocycles. The van der Waals surface area contributed by atoms with Crippen LogP contribution in [0.2, 0.25) is 0 Å². The van der Waals surface area contributed by atoms with Crippen LogP contribution in [0.1, 0.15) is 20.8 Å². The van der Waals surface area contributed by atoms with E-state index in [0.29, 0.717) is 11.2 Å². The largest absolute Gasteiger partial charge is 0.380 e. The molecule has 1 unspecified atom stereocenters. The van der Waals surface area contributed by atoms with Gasteiger partial charge in [-0.1, -0.05) is 20.8 Å². The SMILES string of the molecule is CSC(C)CNCCOCC(C)C. The van der Waals surface area contributed by atoms with Gasteiger partial charge in [0.1, 0.15) is 0 Å². The molecular formula is C10H23NOS. The Morgan fingerprint density at radius 1 is 1.31 bits per heavy atom. The van der Waals surface area contributed by atoms with Crippen LogP contribution in [0.25, 0.3) is 0 Å². The Hall–Kier alpha value is 0.270. The molecule has 80 valence electrons. The molecule has 0 radical (unpaired) electrons. The summed E-state index contributed by atoms with van der Waals surface area (Å²) in [5, 5.41) is 4.06. The fraction of sp³-hybridized carbons (Fsp3) is 1.00. The molecule has 0 aromatic rings. The van der Waals surface area contributed by atoms with Gasteiger partial charge < -0.3 is 10.1 Å². The van der Waals surface area contributed by atoms with Gasteiger partial charge in [-0.25, -0.2) is 0 Å². The highest BCUT2D eigenvalue weighted by Gasteiger charge is 1.97. The van der Waals surface area contributed by atoms with Gasteiger partial charge in [-0.05, 0) is 12.2 Å². The van der Waals surface area contributed by atoms with E-state index in [2.05, 4.69) is 32.3 Å². The predicted octanol–water partition coefficient (Wildman–Crippen LogP) is 2.00. The summed E-state index contributed by atoms with van der Waals surface area (Å²) in [6, 6.07) is 0. The normalized spacial score (nSPS) is 13.6. The number of hydrogen-bond acceptors (Lipinski definition) is 3. The minimum atomic E-state index is 0.644. The second-order valence-electron chi connectivity index (χ2n) is 3.72. The van der Waals surface area contributed by atoms with Crippen molar-refractivity contribution >= 4 is 11.8 Å². The van der Waals surface area contributed by atoms with Crippen LogP contribution in [0.5, 0.6) is 0 Å². The van der Waals surface area contributed by atoms with Gasteiger partial charge >= 0.3 is 0 Å². The highest BCUT2D eigenvalue weighted by Crippen LogP contribution is 2.01. The smallest absolute Gasteiger partial charge is 0.0591 e. The molecule has 1 N–H and O–H groups in total. The molecule has 0 heterocycles. The number of ether oxygens (including phenoxy) is 1. The van der Waals surface area contributed by atoms with Crippen LogP contribution in [0.4, 0.5) is 0 Å². The summed E-state index contributed by atoms with van der Waals surface area (Å²) in [4.78, 5) is 0. The van der Waals surface area contributed by atoms with Gasteiger partial charge in [0, 0.05) is 24.9 Å². The highest BCUT2D eigenvalue weighted by atomic mass is 32.2. The van der Waals surface area contributed by atoms with Crippen LogP contribution in [-0.2, 0) is 4.74 Å². The summed E-state index contributed by atoms with van der Waals surface area (Å²) >= 11 is 1.89. The minimum Gasteiger partial charge on any atom is -0.380 e. The van der Waals surface area contributed by atoms with Crippen LogP contribution in [-0.4, -0.2) is 37.8 Å². The first kappa shape index (κ1) is 13.3. The molecule has 3 heteroatoms. The summed E-state index contributed by atoms with van der Waals surface area (Å²) in [7, 11) is 0. The maximum Gasteiger partial charge on any atom is 0.0591 e. The van der Waals surface area contributed by atoms with Crippen LogP contribution in [0, 0.1) is 5.92 Å². The summed E-state index contributed by atoms with van der Waals surface area (Å²) in [6.07, 6.45) is 2.14. The van der Waals surface area contributed by atoms with Crippen molar-refractivity contribution in [2.75, 3.05) is 32.6 Å². The van der Waals surface area contributed by atoms with Crippen molar-refractivity contribution in [1.82, 2.24) is 5.32 Å². The Morgan fingerprint density at radius 3 is 2.54 bits per heavy atom. The minimum absolute atomic E-state index is 0.644. The van der Waals surface area contributed by atoms with E-state index in [1.54, 1.807) is 0 Å². The molecule has 0 aliphatic carbocycles. The van der Waals surface area contributed by atoms with Crippen molar-refractivity contribution in [3.63, 3.8) is 0 Å². The van der Waals surface area contributed by atoms with Crippen molar-refractivity contribution in [1.29, 1.82) is 0 Å². The lowest BCUT2D eigenvalue weighted by Gasteiger charge is -2.10. The first-order valence-electron chi connectivity index (χ1n) is 4.98. The van der Waals surface area contributed by atoms with Gasteiger partial charge in [-0.3, -0.25) is 0 Å². The Kier molecular flexibility index (Phi) is 9.03. The van der Waals surface area contributed by atoms with Gasteiger partial charge in [-0.15, -0.1) is 0 Å². The van der Waals surface area contributed by atoms with Crippen molar-refractivity contribution < 1.29 is 4.74 Å². The van der Waals surface area contributed by atoms with E-state index in [0.717, 1.165) is 26.3 Å². The van der Waals surface area contributed by atoms with Crippen molar-refractivity contribution in [3.8, 4) is 0 Å². The maximum absolute atomic E-state index is 5.44. The van der Waals surface area contributed by atoms with Crippen molar-refractivity contribution in [2.45, 2.75) is 26.0 Å². The zero-order valence-corrected chi connectivity index (χ0v) is 10.1. The summed E-state index contributed by atoms with van der Waals surface area (Å²) < 4.78 is 5.44. The third-order valence-corrected chi connectivity index (χ3v) is 2.68.